The Morgan fingerprint density at radius 3 is 2.50 bits per heavy atom. The fraction of sp³-hybridized carbons (Fsp3) is 0.667. The van der Waals surface area contributed by atoms with Gasteiger partial charge in [-0.2, -0.15) is 0 Å². The van der Waals surface area contributed by atoms with Crippen molar-refractivity contribution < 1.29 is 0 Å². The Kier molecular flexibility index (Phi) is 2.20. The molecule has 0 heterocycles. The van der Waals surface area contributed by atoms with Crippen LogP contribution in [-0.2, 0) is 0 Å². The Hall–Kier alpha value is -0.730. The third-order valence-electron chi connectivity index (χ3n) is 0.328. The molecule has 3 N–H and O–H groups in total. The summed E-state index contributed by atoms with van der Waals surface area (Å²) < 4.78 is 0. The van der Waals surface area contributed by atoms with E-state index in [4.69, 9.17) is 11.1 Å². The van der Waals surface area contributed by atoms with E-state index in [1.807, 2.05) is 6.92 Å². The van der Waals surface area contributed by atoms with Crippen molar-refractivity contribution in [3.63, 3.8) is 0 Å². The molecule has 0 fully saturated rings. The molecule has 0 unspecified atom stereocenters. The van der Waals surface area contributed by atoms with E-state index in [1.165, 1.54) is 0 Å². The topological polar surface area (TPSA) is 64.0 Å². The smallest absolute Gasteiger partial charge is 0.207 e. The molecule has 0 aliphatic heterocycles. The lowest BCUT2D eigenvalue weighted by Crippen LogP contribution is -2.22. The molecule has 3 heteroatoms. The van der Waals surface area contributed by atoms with Crippen molar-refractivity contribution in [2.45, 2.75) is 6.92 Å². The van der Waals surface area contributed by atoms with Gasteiger partial charge in [0.15, 0.2) is 0 Å². The van der Waals surface area contributed by atoms with Gasteiger partial charge in [0.05, 0.1) is 0 Å². The second kappa shape index (κ2) is 2.50. The lowest BCUT2D eigenvalue weighted by molar-refractivity contribution is 0.929. The molecule has 6 heavy (non-hydrogen) atoms. The Morgan fingerprint density at radius 2 is 2.50 bits per heavy atom. The first-order chi connectivity index (χ1) is 2.77. The summed E-state index contributed by atoms with van der Waals surface area (Å²) in [6, 6.07) is 0. The van der Waals surface area contributed by atoms with E-state index in [9.17, 15) is 0 Å². The molecule has 0 amide bonds. The first-order valence-corrected chi connectivity index (χ1v) is 1.79. The number of guanidine groups is 1. The summed E-state index contributed by atoms with van der Waals surface area (Å²) in [6.07, 6.45) is 0. The van der Waals surface area contributed by atoms with E-state index in [0.717, 1.165) is 0 Å². The van der Waals surface area contributed by atoms with E-state index in [-0.39, 0.29) is 5.96 Å². The zero-order chi connectivity index (χ0) is 4.99. The number of rotatable bonds is 1. The molecule has 0 aliphatic carbocycles. The Bertz CT molecular complexity index is 50.0. The molecule has 0 bridgehead atoms. The summed E-state index contributed by atoms with van der Waals surface area (Å²) >= 11 is 0. The number of nitrogens with zero attached hydrogens (tertiary/aromatic N) is 1. The molecule has 1 radical (unpaired) electrons. The van der Waals surface area contributed by atoms with Crippen molar-refractivity contribution in [3.8, 4) is 0 Å². The first-order valence-electron chi connectivity index (χ1n) is 1.79. The fourth-order valence-corrected chi connectivity index (χ4v) is 0.170. The van der Waals surface area contributed by atoms with Gasteiger partial charge in [-0.15, -0.1) is 0 Å². The van der Waals surface area contributed by atoms with Crippen LogP contribution in [0.3, 0.4) is 0 Å². The molecular weight excluding hydrogens is 78.1 g/mol. The quantitative estimate of drug-likeness (QED) is 0.328. The highest BCUT2D eigenvalue weighted by molar-refractivity contribution is 5.73. The van der Waals surface area contributed by atoms with Gasteiger partial charge in [-0.25, -0.2) is 0 Å². The third-order valence-corrected chi connectivity index (χ3v) is 0.328. The highest BCUT2D eigenvalue weighted by Gasteiger charge is 1.77. The van der Waals surface area contributed by atoms with Crippen LogP contribution in [0.4, 0.5) is 0 Å². The van der Waals surface area contributed by atoms with Crippen molar-refractivity contribution in [2.75, 3.05) is 6.54 Å². The molecule has 0 atom stereocenters. The summed E-state index contributed by atoms with van der Waals surface area (Å²) in [5.41, 5.74) is 4.82. The van der Waals surface area contributed by atoms with Gasteiger partial charge in [0, 0.05) is 6.54 Å². The Balaban J connectivity index is 2.83. The predicted molar refractivity (Wildman–Crippen MR) is 24.6 cm³/mol. The van der Waals surface area contributed by atoms with Gasteiger partial charge >= 0.3 is 0 Å². The van der Waals surface area contributed by atoms with Gasteiger partial charge in [-0.1, -0.05) is 0 Å². The lowest BCUT2D eigenvalue weighted by atomic mass is 10.7. The maximum absolute atomic E-state index is 6.51. The summed E-state index contributed by atoms with van der Waals surface area (Å²) in [5, 5.41) is 9.99. The molecule has 0 aromatic carbocycles. The normalized spacial score (nSPS) is 7.50. The average Bonchev–Trinajstić information content (AvgIpc) is 1.35. The van der Waals surface area contributed by atoms with E-state index in [2.05, 4.69) is 5.32 Å². The summed E-state index contributed by atoms with van der Waals surface area (Å²) in [7, 11) is 0. The van der Waals surface area contributed by atoms with Crippen LogP contribution in [0, 0.1) is 5.41 Å². The van der Waals surface area contributed by atoms with E-state index >= 15 is 0 Å². The zero-order valence-corrected chi connectivity index (χ0v) is 3.73. The van der Waals surface area contributed by atoms with Crippen LogP contribution in [0.1, 0.15) is 6.92 Å². The summed E-state index contributed by atoms with van der Waals surface area (Å²) in [5.74, 6) is -0.0856. The van der Waals surface area contributed by atoms with E-state index in [0.29, 0.717) is 6.54 Å². The van der Waals surface area contributed by atoms with Crippen LogP contribution in [0.2, 0.25) is 0 Å². The third kappa shape index (κ3) is 3.27. The molecule has 0 aromatic heterocycles. The summed E-state index contributed by atoms with van der Waals surface area (Å²) in [6.45, 7) is 2.44. The minimum Gasteiger partial charge on any atom is -0.369 e. The van der Waals surface area contributed by atoms with Gasteiger partial charge in [-0.3, -0.25) is 10.7 Å². The number of nitrogens with two attached hydrogens (primary N) is 1. The van der Waals surface area contributed by atoms with Gasteiger partial charge < -0.3 is 5.73 Å². The van der Waals surface area contributed by atoms with Crippen molar-refractivity contribution in [1.29, 1.82) is 5.41 Å². The van der Waals surface area contributed by atoms with Crippen LogP contribution < -0.4 is 11.1 Å². The molecular formula is C3H8N3. The second-order valence-electron chi connectivity index (χ2n) is 0.860. The Labute approximate surface area is 37.0 Å². The van der Waals surface area contributed by atoms with Gasteiger partial charge in [-0.05, 0) is 6.92 Å². The number of hydrogen-bond acceptors (Lipinski definition) is 1. The monoisotopic (exact) mass is 86.1 g/mol. The average molecular weight is 86.1 g/mol. The van der Waals surface area contributed by atoms with Crippen molar-refractivity contribution in [3.05, 3.63) is 0 Å². The molecule has 0 saturated heterocycles. The molecule has 0 aliphatic rings. The minimum absolute atomic E-state index is 0.0856. The molecule has 0 saturated carbocycles. The van der Waals surface area contributed by atoms with Gasteiger partial charge in [0.2, 0.25) is 5.96 Å². The van der Waals surface area contributed by atoms with Crippen LogP contribution in [-0.4, -0.2) is 12.5 Å². The highest BCUT2D eigenvalue weighted by atomic mass is 15.0. The largest absolute Gasteiger partial charge is 0.369 e. The SMILES string of the molecule is CC[N]C(=N)N. The standard InChI is InChI=1S/C3H8N3/c1-2-6-3(4)5/h2H2,1H3,(H3,4,5). The van der Waals surface area contributed by atoms with E-state index in [1.54, 1.807) is 0 Å². The van der Waals surface area contributed by atoms with Crippen molar-refractivity contribution in [2.24, 2.45) is 5.73 Å². The lowest BCUT2D eigenvalue weighted by Gasteiger charge is -1.88. The second-order valence-corrected chi connectivity index (χ2v) is 0.860. The van der Waals surface area contributed by atoms with E-state index < -0.39 is 0 Å². The predicted octanol–water partition coefficient (Wildman–Crippen LogP) is -0.496. The minimum atomic E-state index is -0.0856. The summed E-state index contributed by atoms with van der Waals surface area (Å²) in [4.78, 5) is 0. The first kappa shape index (κ1) is 5.27. The fourth-order valence-electron chi connectivity index (χ4n) is 0.170. The molecule has 0 rings (SSSR count). The highest BCUT2D eigenvalue weighted by Crippen LogP contribution is 1.51. The van der Waals surface area contributed by atoms with Crippen LogP contribution in [0.15, 0.2) is 0 Å². The zero-order valence-electron chi connectivity index (χ0n) is 3.73. The van der Waals surface area contributed by atoms with Crippen LogP contribution in [0.5, 0.6) is 0 Å². The number of nitrogens with one attached hydrogen (secondary N) is 1. The maximum Gasteiger partial charge on any atom is 0.207 e. The van der Waals surface area contributed by atoms with Crippen molar-refractivity contribution >= 4 is 5.96 Å². The molecule has 3 nitrogen and oxygen atoms in total. The van der Waals surface area contributed by atoms with Gasteiger partial charge in [0.1, 0.15) is 0 Å². The molecule has 0 spiro atoms. The number of hydrogen-bond donors (Lipinski definition) is 2. The maximum atomic E-state index is 6.51. The van der Waals surface area contributed by atoms with Crippen molar-refractivity contribution in [1.82, 2.24) is 5.32 Å². The van der Waals surface area contributed by atoms with Crippen LogP contribution in [0.25, 0.3) is 0 Å². The Morgan fingerprint density at radius 1 is 2.00 bits per heavy atom. The van der Waals surface area contributed by atoms with Gasteiger partial charge in [0.25, 0.3) is 0 Å². The van der Waals surface area contributed by atoms with Crippen LogP contribution >= 0.6 is 0 Å². The molecule has 35 valence electrons. The molecule has 0 aromatic rings.